The van der Waals surface area contributed by atoms with Gasteiger partial charge in [0.1, 0.15) is 0 Å². The predicted molar refractivity (Wildman–Crippen MR) is 77.3 cm³/mol. The van der Waals surface area contributed by atoms with Crippen molar-refractivity contribution >= 4 is 0 Å². The second-order valence-corrected chi connectivity index (χ2v) is 6.93. The van der Waals surface area contributed by atoms with Crippen LogP contribution in [0.15, 0.2) is 0 Å². The van der Waals surface area contributed by atoms with Crippen LogP contribution in [0.25, 0.3) is 0 Å². The third kappa shape index (κ3) is 6.45. The smallest absolute Gasteiger partial charge is 0.00966 e. The maximum Gasteiger partial charge on any atom is 0.00966 e. The molecular weight excluding hydrogens is 206 g/mol. The first kappa shape index (κ1) is 15.0. The molecule has 2 unspecified atom stereocenters. The first-order chi connectivity index (χ1) is 8.03. The quantitative estimate of drug-likeness (QED) is 0.632. The van der Waals surface area contributed by atoms with E-state index in [0.29, 0.717) is 0 Å². The molecule has 0 heterocycles. The first-order valence-corrected chi connectivity index (χ1v) is 7.78. The van der Waals surface area contributed by atoms with Gasteiger partial charge in [-0.25, -0.2) is 0 Å². The minimum absolute atomic E-state index is 0.287. The Bertz CT molecular complexity index is 192. The number of nitrogens with one attached hydrogen (secondary N) is 1. The number of rotatable bonds is 7. The summed E-state index contributed by atoms with van der Waals surface area (Å²) in [6, 6.07) is 0. The summed E-state index contributed by atoms with van der Waals surface area (Å²) >= 11 is 0. The molecule has 1 rings (SSSR count). The Morgan fingerprint density at radius 2 is 1.71 bits per heavy atom. The van der Waals surface area contributed by atoms with Crippen LogP contribution in [-0.2, 0) is 0 Å². The zero-order chi connectivity index (χ0) is 12.7. The number of hydrogen-bond donors (Lipinski definition) is 1. The summed E-state index contributed by atoms with van der Waals surface area (Å²) in [6.45, 7) is 10.4. The highest BCUT2D eigenvalue weighted by molar-refractivity contribution is 4.82. The Balaban J connectivity index is 2.19. The van der Waals surface area contributed by atoms with Gasteiger partial charge in [-0.1, -0.05) is 51.9 Å². The van der Waals surface area contributed by atoms with Crippen molar-refractivity contribution in [3.63, 3.8) is 0 Å². The van der Waals surface area contributed by atoms with E-state index in [-0.39, 0.29) is 5.54 Å². The van der Waals surface area contributed by atoms with Gasteiger partial charge in [0.15, 0.2) is 0 Å². The van der Waals surface area contributed by atoms with Gasteiger partial charge in [0, 0.05) is 5.54 Å². The summed E-state index contributed by atoms with van der Waals surface area (Å²) in [4.78, 5) is 0. The molecule has 0 bridgehead atoms. The van der Waals surface area contributed by atoms with E-state index in [1.165, 1.54) is 57.9 Å². The molecule has 17 heavy (non-hydrogen) atoms. The zero-order valence-corrected chi connectivity index (χ0v) is 12.5. The van der Waals surface area contributed by atoms with E-state index in [0.717, 1.165) is 11.8 Å². The fraction of sp³-hybridized carbons (Fsp3) is 1.00. The Labute approximate surface area is 109 Å². The molecule has 1 aliphatic rings. The Morgan fingerprint density at radius 3 is 2.35 bits per heavy atom. The van der Waals surface area contributed by atoms with Crippen LogP contribution in [0.4, 0.5) is 0 Å². The van der Waals surface area contributed by atoms with Crippen molar-refractivity contribution in [2.45, 2.75) is 84.6 Å². The van der Waals surface area contributed by atoms with Crippen molar-refractivity contribution in [2.75, 3.05) is 6.54 Å². The van der Waals surface area contributed by atoms with Crippen LogP contribution < -0.4 is 5.32 Å². The van der Waals surface area contributed by atoms with Gasteiger partial charge in [0.2, 0.25) is 0 Å². The van der Waals surface area contributed by atoms with Crippen molar-refractivity contribution in [3.8, 4) is 0 Å². The molecule has 1 fully saturated rings. The second kappa shape index (κ2) is 7.41. The molecule has 1 N–H and O–H groups in total. The molecular formula is C16H33N. The second-order valence-electron chi connectivity index (χ2n) is 6.93. The molecule has 0 aromatic rings. The van der Waals surface area contributed by atoms with Crippen molar-refractivity contribution in [2.24, 2.45) is 11.8 Å². The summed E-state index contributed by atoms with van der Waals surface area (Å²) < 4.78 is 0. The molecule has 1 saturated carbocycles. The summed E-state index contributed by atoms with van der Waals surface area (Å²) in [7, 11) is 0. The van der Waals surface area contributed by atoms with E-state index in [1.807, 2.05) is 0 Å². The van der Waals surface area contributed by atoms with Crippen molar-refractivity contribution < 1.29 is 0 Å². The molecule has 102 valence electrons. The van der Waals surface area contributed by atoms with Gasteiger partial charge in [-0.2, -0.15) is 0 Å². The lowest BCUT2D eigenvalue weighted by Gasteiger charge is -2.26. The van der Waals surface area contributed by atoms with Gasteiger partial charge in [-0.05, 0) is 45.6 Å². The van der Waals surface area contributed by atoms with Gasteiger partial charge in [0.25, 0.3) is 0 Å². The van der Waals surface area contributed by atoms with Crippen LogP contribution in [0.1, 0.15) is 79.1 Å². The summed E-state index contributed by atoms with van der Waals surface area (Å²) in [5.41, 5.74) is 0.287. The third-order valence-corrected chi connectivity index (χ3v) is 4.14. The van der Waals surface area contributed by atoms with Crippen molar-refractivity contribution in [1.29, 1.82) is 0 Å². The average molecular weight is 239 g/mol. The van der Waals surface area contributed by atoms with Gasteiger partial charge in [0.05, 0.1) is 0 Å². The van der Waals surface area contributed by atoms with E-state index in [4.69, 9.17) is 0 Å². The minimum Gasteiger partial charge on any atom is -0.312 e. The third-order valence-electron chi connectivity index (χ3n) is 4.14. The molecule has 0 aromatic carbocycles. The van der Waals surface area contributed by atoms with Crippen LogP contribution in [0.2, 0.25) is 0 Å². The van der Waals surface area contributed by atoms with E-state index < -0.39 is 0 Å². The Kier molecular flexibility index (Phi) is 6.54. The molecule has 1 heteroatoms. The molecule has 1 nitrogen and oxygen atoms in total. The van der Waals surface area contributed by atoms with Crippen LogP contribution in [0.3, 0.4) is 0 Å². The highest BCUT2D eigenvalue weighted by Crippen LogP contribution is 2.35. The maximum absolute atomic E-state index is 3.70. The Hall–Kier alpha value is -0.0400. The van der Waals surface area contributed by atoms with Gasteiger partial charge in [-0.15, -0.1) is 0 Å². The summed E-state index contributed by atoms with van der Waals surface area (Å²) in [5, 5.41) is 3.70. The number of unbranched alkanes of at least 4 members (excludes halogenated alkanes) is 3. The SMILES string of the molecule is CCCCCCC1CCCC1CNC(C)(C)C. The normalized spacial score (nSPS) is 25.4. The molecule has 1 aliphatic carbocycles. The van der Waals surface area contributed by atoms with Gasteiger partial charge in [-0.3, -0.25) is 0 Å². The van der Waals surface area contributed by atoms with E-state index in [1.54, 1.807) is 0 Å². The fourth-order valence-corrected chi connectivity index (χ4v) is 3.03. The fourth-order valence-electron chi connectivity index (χ4n) is 3.03. The topological polar surface area (TPSA) is 12.0 Å². The number of hydrogen-bond acceptors (Lipinski definition) is 1. The molecule has 0 aromatic heterocycles. The standard InChI is InChI=1S/C16H33N/c1-5-6-7-8-10-14-11-9-12-15(14)13-17-16(2,3)4/h14-15,17H,5-13H2,1-4H3. The van der Waals surface area contributed by atoms with Crippen LogP contribution in [0, 0.1) is 11.8 Å². The lowest BCUT2D eigenvalue weighted by atomic mass is 9.90. The van der Waals surface area contributed by atoms with E-state index in [2.05, 4.69) is 33.0 Å². The first-order valence-electron chi connectivity index (χ1n) is 7.78. The molecule has 2 atom stereocenters. The van der Waals surface area contributed by atoms with Crippen molar-refractivity contribution in [3.05, 3.63) is 0 Å². The lowest BCUT2D eigenvalue weighted by Crippen LogP contribution is -2.39. The molecule has 0 aliphatic heterocycles. The predicted octanol–water partition coefficient (Wildman–Crippen LogP) is 4.76. The van der Waals surface area contributed by atoms with Crippen LogP contribution in [0.5, 0.6) is 0 Å². The molecule has 0 amide bonds. The van der Waals surface area contributed by atoms with Crippen LogP contribution >= 0.6 is 0 Å². The zero-order valence-electron chi connectivity index (χ0n) is 12.5. The average Bonchev–Trinajstić information content (AvgIpc) is 2.68. The largest absolute Gasteiger partial charge is 0.312 e. The molecule has 0 spiro atoms. The van der Waals surface area contributed by atoms with Crippen molar-refractivity contribution in [1.82, 2.24) is 5.32 Å². The summed E-state index contributed by atoms with van der Waals surface area (Å²) in [6.07, 6.45) is 11.6. The maximum atomic E-state index is 3.70. The molecule has 0 radical (unpaired) electrons. The van der Waals surface area contributed by atoms with Gasteiger partial charge >= 0.3 is 0 Å². The highest BCUT2D eigenvalue weighted by atomic mass is 14.9. The minimum atomic E-state index is 0.287. The molecule has 0 saturated heterocycles. The van der Waals surface area contributed by atoms with Gasteiger partial charge < -0.3 is 5.32 Å². The van der Waals surface area contributed by atoms with E-state index >= 15 is 0 Å². The summed E-state index contributed by atoms with van der Waals surface area (Å²) in [5.74, 6) is 1.97. The highest BCUT2D eigenvalue weighted by Gasteiger charge is 2.27. The van der Waals surface area contributed by atoms with E-state index in [9.17, 15) is 0 Å². The lowest BCUT2D eigenvalue weighted by molar-refractivity contribution is 0.301. The van der Waals surface area contributed by atoms with Crippen LogP contribution in [-0.4, -0.2) is 12.1 Å². The Morgan fingerprint density at radius 1 is 1.00 bits per heavy atom. The monoisotopic (exact) mass is 239 g/mol.